The molecule has 1 unspecified atom stereocenters. The number of phenolic OH excluding ortho intramolecular Hbond substituents is 1. The van der Waals surface area contributed by atoms with Crippen molar-refractivity contribution in [2.45, 2.75) is 32.6 Å². The van der Waals surface area contributed by atoms with E-state index in [1.54, 1.807) is 0 Å². The fraction of sp³-hybridized carbons (Fsp3) is 0.120. The van der Waals surface area contributed by atoms with Crippen molar-refractivity contribution in [1.29, 1.82) is 0 Å². The van der Waals surface area contributed by atoms with Gasteiger partial charge >= 0.3 is 0 Å². The molecule has 0 saturated heterocycles. The van der Waals surface area contributed by atoms with Gasteiger partial charge in [-0.15, -0.1) is 0 Å². The summed E-state index contributed by atoms with van der Waals surface area (Å²) in [7, 11) is 0. The summed E-state index contributed by atoms with van der Waals surface area (Å²) >= 11 is 3.90. The van der Waals surface area contributed by atoms with Gasteiger partial charge in [-0.2, -0.15) is 0 Å². The second-order valence-corrected chi connectivity index (χ2v) is 15.6. The van der Waals surface area contributed by atoms with Crippen molar-refractivity contribution < 1.29 is 5.11 Å². The van der Waals surface area contributed by atoms with Crippen molar-refractivity contribution in [3.05, 3.63) is 155 Å². The van der Waals surface area contributed by atoms with Crippen molar-refractivity contribution in [3.8, 4) is 28.0 Å². The van der Waals surface area contributed by atoms with Gasteiger partial charge in [0.05, 0.1) is 0 Å². The highest BCUT2D eigenvalue weighted by atomic mass is 79.9. The molecule has 9 aromatic rings. The highest BCUT2D eigenvalue weighted by Gasteiger charge is 2.29. The predicted molar refractivity (Wildman–Crippen MR) is 226 cm³/mol. The van der Waals surface area contributed by atoms with Crippen LogP contribution in [0.4, 0.5) is 0 Å². The average molecular weight is 732 g/mol. The first kappa shape index (κ1) is 30.2. The Hall–Kier alpha value is -5.44. The fourth-order valence-electron chi connectivity index (χ4n) is 9.86. The zero-order valence-electron chi connectivity index (χ0n) is 28.9. The molecular weight excluding hydrogens is 696 g/mol. The number of aryl methyl sites for hydroxylation is 1. The normalized spacial score (nSPS) is 16.2. The van der Waals surface area contributed by atoms with Crippen molar-refractivity contribution in [2.24, 2.45) is 5.92 Å². The number of halogens is 1. The highest BCUT2D eigenvalue weighted by molar-refractivity contribution is 9.10. The van der Waals surface area contributed by atoms with Gasteiger partial charge in [-0.05, 0) is 159 Å². The van der Waals surface area contributed by atoms with Gasteiger partial charge in [0.25, 0.3) is 0 Å². The van der Waals surface area contributed by atoms with Crippen LogP contribution in [0, 0.1) is 5.92 Å². The lowest BCUT2D eigenvalue weighted by atomic mass is 9.76. The van der Waals surface area contributed by atoms with E-state index >= 15 is 0 Å². The molecule has 0 amide bonds. The zero-order chi connectivity index (χ0) is 34.7. The van der Waals surface area contributed by atoms with E-state index in [2.05, 4.69) is 144 Å². The van der Waals surface area contributed by atoms with Crippen molar-refractivity contribution in [2.75, 3.05) is 0 Å². The van der Waals surface area contributed by atoms with Gasteiger partial charge in [0.1, 0.15) is 5.75 Å². The van der Waals surface area contributed by atoms with E-state index in [9.17, 15) is 5.11 Å². The first-order chi connectivity index (χ1) is 25.6. The lowest BCUT2D eigenvalue weighted by molar-refractivity contribution is 0.475. The third-order valence-electron chi connectivity index (χ3n) is 12.1. The molecule has 248 valence electrons. The Morgan fingerprint density at radius 1 is 0.615 bits per heavy atom. The molecule has 52 heavy (non-hydrogen) atoms. The third kappa shape index (κ3) is 4.10. The smallest absolute Gasteiger partial charge is 0.115 e. The van der Waals surface area contributed by atoms with Crippen LogP contribution in [0.15, 0.2) is 144 Å². The van der Waals surface area contributed by atoms with Crippen LogP contribution in [-0.2, 0) is 6.42 Å². The van der Waals surface area contributed by atoms with Crippen LogP contribution in [0.1, 0.15) is 37.3 Å². The lowest BCUT2D eigenvalue weighted by Gasteiger charge is -2.28. The molecule has 0 bridgehead atoms. The number of hydrogen-bond donors (Lipinski definition) is 1. The molecule has 1 N–H and O–H groups in total. The molecule has 11 rings (SSSR count). The van der Waals surface area contributed by atoms with E-state index in [1.165, 1.54) is 110 Å². The molecule has 0 spiro atoms. The molecule has 2 heteroatoms. The van der Waals surface area contributed by atoms with Gasteiger partial charge in [0.15, 0.2) is 0 Å². The minimum absolute atomic E-state index is 0.278. The van der Waals surface area contributed by atoms with E-state index in [-0.39, 0.29) is 5.75 Å². The fourth-order valence-corrected chi connectivity index (χ4v) is 10.3. The maximum Gasteiger partial charge on any atom is 0.115 e. The lowest BCUT2D eigenvalue weighted by Crippen LogP contribution is -2.11. The summed E-state index contributed by atoms with van der Waals surface area (Å²) in [6.45, 7) is 2.23. The van der Waals surface area contributed by atoms with E-state index < -0.39 is 0 Å². The maximum absolute atomic E-state index is 10.5. The second-order valence-electron chi connectivity index (χ2n) is 14.7. The Kier molecular flexibility index (Phi) is 6.55. The minimum Gasteiger partial charge on any atom is -0.508 e. The summed E-state index contributed by atoms with van der Waals surface area (Å²) in [6.07, 6.45) is 13.9. The molecule has 0 aliphatic heterocycles. The first-order valence-electron chi connectivity index (χ1n) is 18.6. The number of phenols is 1. The molecule has 0 saturated carbocycles. The van der Waals surface area contributed by atoms with Gasteiger partial charge in [-0.3, -0.25) is 0 Å². The molecule has 0 heterocycles. The summed E-state index contributed by atoms with van der Waals surface area (Å²) in [4.78, 5) is 0. The summed E-state index contributed by atoms with van der Waals surface area (Å²) < 4.78 is 1.11. The van der Waals surface area contributed by atoms with Gasteiger partial charge < -0.3 is 5.11 Å². The number of fused-ring (bicyclic) bond motifs is 7. The first-order valence-corrected chi connectivity index (χ1v) is 19.4. The van der Waals surface area contributed by atoms with E-state index in [4.69, 9.17) is 0 Å². The number of allylic oxidation sites excluding steroid dienone is 6. The summed E-state index contributed by atoms with van der Waals surface area (Å²) in [5, 5.41) is 26.0. The highest BCUT2D eigenvalue weighted by Crippen LogP contribution is 2.56. The SMILES string of the molecule is CCc1ccc(-c2c3c4cccc5c(Br)ccc(c3c(-c3ccc(O)cc3)c3c6cccc7c(C8=CCCC9CC=CC=C89)ccc(c23)c76)c54)cc1. The monoisotopic (exact) mass is 730 g/mol. The molecule has 1 nitrogen and oxygen atoms in total. The quantitative estimate of drug-likeness (QED) is 0.191. The molecule has 0 fully saturated rings. The predicted octanol–water partition coefficient (Wildman–Crippen LogP) is 14.5. The van der Waals surface area contributed by atoms with Gasteiger partial charge in [-0.1, -0.05) is 138 Å². The Labute approximate surface area is 311 Å². The number of benzene rings is 7. The molecule has 0 aromatic heterocycles. The van der Waals surface area contributed by atoms with Gasteiger partial charge in [0, 0.05) is 4.47 Å². The van der Waals surface area contributed by atoms with Crippen LogP contribution in [0.2, 0.25) is 0 Å². The van der Waals surface area contributed by atoms with Crippen LogP contribution in [0.3, 0.4) is 0 Å². The molecule has 9 aromatic carbocycles. The van der Waals surface area contributed by atoms with Crippen molar-refractivity contribution in [1.82, 2.24) is 0 Å². The second kappa shape index (κ2) is 11.3. The van der Waals surface area contributed by atoms with Gasteiger partial charge in [0.2, 0.25) is 0 Å². The third-order valence-corrected chi connectivity index (χ3v) is 12.8. The Morgan fingerprint density at radius 2 is 1.19 bits per heavy atom. The molecule has 1 atom stereocenters. The Morgan fingerprint density at radius 3 is 1.87 bits per heavy atom. The average Bonchev–Trinajstić information content (AvgIpc) is 3.70. The topological polar surface area (TPSA) is 20.2 Å². The van der Waals surface area contributed by atoms with Crippen LogP contribution in [-0.4, -0.2) is 5.11 Å². The van der Waals surface area contributed by atoms with Crippen LogP contribution < -0.4 is 0 Å². The standard InChI is InChI=1S/C50H35BrO/c1-2-28-16-18-30(19-17-28)43-48-39-15-7-13-37-42(51)27-26-41(46(37)39)50(48)44(31-20-22-32(52)23-21-31)47-38-14-6-12-36-35(24-25-40(45(36)38)49(43)47)34-11-5-9-29-8-3-4-10-33(29)34/h3-4,6-7,10-27,29,52H,2,5,8-9H2,1H3. The maximum atomic E-state index is 10.5. The molecule has 0 radical (unpaired) electrons. The van der Waals surface area contributed by atoms with E-state index in [0.717, 1.165) is 29.3 Å². The minimum atomic E-state index is 0.278. The van der Waals surface area contributed by atoms with Crippen molar-refractivity contribution >= 4 is 86.1 Å². The summed E-state index contributed by atoms with van der Waals surface area (Å²) in [5.74, 6) is 0.870. The van der Waals surface area contributed by atoms with Gasteiger partial charge in [-0.25, -0.2) is 0 Å². The zero-order valence-corrected chi connectivity index (χ0v) is 30.5. The molecular formula is C50H35BrO. The number of aromatic hydroxyl groups is 1. The van der Waals surface area contributed by atoms with Crippen LogP contribution in [0.25, 0.3) is 92.5 Å². The summed E-state index contributed by atoms with van der Waals surface area (Å²) in [6, 6.07) is 40.3. The van der Waals surface area contributed by atoms with Crippen LogP contribution >= 0.6 is 15.9 Å². The van der Waals surface area contributed by atoms with E-state index in [0.29, 0.717) is 5.92 Å². The Bertz CT molecular complexity index is 3010. The van der Waals surface area contributed by atoms with Crippen molar-refractivity contribution in [3.63, 3.8) is 0 Å². The van der Waals surface area contributed by atoms with Crippen LogP contribution in [0.5, 0.6) is 5.75 Å². The molecule has 2 aliphatic rings. The largest absolute Gasteiger partial charge is 0.508 e. The summed E-state index contributed by atoms with van der Waals surface area (Å²) in [5.41, 5.74) is 10.5. The van der Waals surface area contributed by atoms with E-state index in [1.807, 2.05) is 12.1 Å². The Balaban J connectivity index is 1.39. The molecule has 2 aliphatic carbocycles. The number of rotatable bonds is 4. The number of hydrogen-bond acceptors (Lipinski definition) is 1.